The fraction of sp³-hybridized carbons (Fsp3) is 0.192. The molecule has 1 heterocycles. The Kier molecular flexibility index (Phi) is 6.78. The van der Waals surface area contributed by atoms with Crippen molar-refractivity contribution in [3.8, 4) is 11.8 Å². The van der Waals surface area contributed by atoms with Gasteiger partial charge in [0.1, 0.15) is 0 Å². The van der Waals surface area contributed by atoms with Crippen LogP contribution in [0.25, 0.3) is 11.0 Å². The first-order valence-electron chi connectivity index (χ1n) is 10.7. The average molecular weight is 460 g/mol. The number of para-hydroxylation sites is 2. The monoisotopic (exact) mass is 459 g/mol. The lowest BCUT2D eigenvalue weighted by Crippen LogP contribution is -2.11. The van der Waals surface area contributed by atoms with Crippen molar-refractivity contribution in [2.75, 3.05) is 18.5 Å². The minimum Gasteiger partial charge on any atom is -0.385 e. The lowest BCUT2D eigenvalue weighted by Gasteiger charge is -2.08. The van der Waals surface area contributed by atoms with E-state index in [1.165, 1.54) is 0 Å². The normalized spacial score (nSPS) is 11.2. The van der Waals surface area contributed by atoms with E-state index in [0.717, 1.165) is 33.7 Å². The first kappa shape index (κ1) is 22.6. The third kappa shape index (κ3) is 5.61. The second kappa shape index (κ2) is 9.90. The predicted molar refractivity (Wildman–Crippen MR) is 131 cm³/mol. The zero-order valence-electron chi connectivity index (χ0n) is 18.6. The summed E-state index contributed by atoms with van der Waals surface area (Å²) < 4.78 is 31.5. The maximum Gasteiger partial charge on any atom is 0.296 e. The lowest BCUT2D eigenvalue weighted by atomic mass is 10.2. The number of nitrogens with one attached hydrogen (secondary N) is 1. The van der Waals surface area contributed by atoms with Crippen molar-refractivity contribution >= 4 is 26.8 Å². The Balaban J connectivity index is 1.27. The Morgan fingerprint density at radius 2 is 1.70 bits per heavy atom. The molecule has 33 heavy (non-hydrogen) atoms. The van der Waals surface area contributed by atoms with E-state index >= 15 is 0 Å². The van der Waals surface area contributed by atoms with E-state index in [4.69, 9.17) is 4.18 Å². The van der Waals surface area contributed by atoms with Crippen LogP contribution in [0.4, 0.5) is 5.69 Å². The van der Waals surface area contributed by atoms with E-state index in [1.807, 2.05) is 67.1 Å². The summed E-state index contributed by atoms with van der Waals surface area (Å²) in [6.45, 7) is 2.61. The molecule has 3 aromatic carbocycles. The van der Waals surface area contributed by atoms with Gasteiger partial charge in [-0.3, -0.25) is 4.18 Å². The van der Waals surface area contributed by atoms with Gasteiger partial charge in [0.2, 0.25) is 0 Å². The molecule has 0 aliphatic carbocycles. The molecule has 0 saturated heterocycles. The first-order valence-corrected chi connectivity index (χ1v) is 12.1. The minimum atomic E-state index is -3.72. The Bertz CT molecular complexity index is 1410. The van der Waals surface area contributed by atoms with Gasteiger partial charge in [0, 0.05) is 24.8 Å². The van der Waals surface area contributed by atoms with Crippen molar-refractivity contribution in [2.45, 2.75) is 18.2 Å². The quantitative estimate of drug-likeness (QED) is 0.250. The largest absolute Gasteiger partial charge is 0.385 e. The number of imidazole rings is 1. The van der Waals surface area contributed by atoms with Crippen LogP contribution in [0.2, 0.25) is 0 Å². The smallest absolute Gasteiger partial charge is 0.296 e. The zero-order valence-corrected chi connectivity index (χ0v) is 19.4. The lowest BCUT2D eigenvalue weighted by molar-refractivity contribution is 0.316. The summed E-state index contributed by atoms with van der Waals surface area (Å²) in [6, 6.07) is 22.4. The Labute approximate surface area is 194 Å². The van der Waals surface area contributed by atoms with Gasteiger partial charge in [0.25, 0.3) is 10.1 Å². The summed E-state index contributed by atoms with van der Waals surface area (Å²) >= 11 is 0. The van der Waals surface area contributed by atoms with Crippen LogP contribution in [0.15, 0.2) is 77.7 Å². The first-order chi connectivity index (χ1) is 15.9. The highest BCUT2D eigenvalue weighted by atomic mass is 32.2. The van der Waals surface area contributed by atoms with Gasteiger partial charge in [-0.1, -0.05) is 35.7 Å². The third-order valence-electron chi connectivity index (χ3n) is 5.19. The molecule has 0 aliphatic heterocycles. The summed E-state index contributed by atoms with van der Waals surface area (Å²) in [5.74, 6) is 7.01. The van der Waals surface area contributed by atoms with Gasteiger partial charge in [-0.15, -0.1) is 0 Å². The number of aromatic nitrogens is 2. The highest BCUT2D eigenvalue weighted by molar-refractivity contribution is 7.86. The van der Waals surface area contributed by atoms with Gasteiger partial charge in [0.05, 0.1) is 22.5 Å². The number of aryl methyl sites for hydroxylation is 2. The van der Waals surface area contributed by atoms with E-state index < -0.39 is 10.1 Å². The van der Waals surface area contributed by atoms with Crippen molar-refractivity contribution in [3.05, 3.63) is 89.7 Å². The minimum absolute atomic E-state index is 0.116. The molecule has 0 radical (unpaired) electrons. The molecule has 0 spiro atoms. The van der Waals surface area contributed by atoms with Crippen molar-refractivity contribution in [3.63, 3.8) is 0 Å². The second-order valence-electron chi connectivity index (χ2n) is 7.68. The zero-order chi connectivity index (χ0) is 23.3. The summed E-state index contributed by atoms with van der Waals surface area (Å²) in [5.41, 5.74) is 4.81. The van der Waals surface area contributed by atoms with Gasteiger partial charge in [0.15, 0.2) is 5.82 Å². The fourth-order valence-corrected chi connectivity index (χ4v) is 4.25. The second-order valence-corrected chi connectivity index (χ2v) is 9.30. The standard InChI is InChI=1S/C26H25N3O3S/c1-20-8-15-23(16-9-20)33(30,31)32-19-5-18-27-22-13-10-21(11-14-22)12-17-26-28-24-6-3-4-7-25(24)29(26)2/h3-4,6-11,13-16,27H,5,18-19H2,1-2H3. The molecule has 7 heteroatoms. The molecule has 1 aromatic heterocycles. The Morgan fingerprint density at radius 1 is 0.970 bits per heavy atom. The van der Waals surface area contributed by atoms with Crippen LogP contribution in [-0.4, -0.2) is 31.1 Å². The number of fused-ring (bicyclic) bond motifs is 1. The van der Waals surface area contributed by atoms with Gasteiger partial charge >= 0.3 is 0 Å². The average Bonchev–Trinajstić information content (AvgIpc) is 3.14. The van der Waals surface area contributed by atoms with Crippen molar-refractivity contribution in [2.24, 2.45) is 7.05 Å². The third-order valence-corrected chi connectivity index (χ3v) is 6.52. The summed E-state index contributed by atoms with van der Waals surface area (Å²) in [4.78, 5) is 4.74. The molecule has 0 aliphatic rings. The van der Waals surface area contributed by atoms with Crippen LogP contribution in [-0.2, 0) is 21.3 Å². The van der Waals surface area contributed by atoms with E-state index in [0.29, 0.717) is 13.0 Å². The highest BCUT2D eigenvalue weighted by Gasteiger charge is 2.14. The van der Waals surface area contributed by atoms with Gasteiger partial charge in [-0.05, 0) is 67.8 Å². The van der Waals surface area contributed by atoms with Crippen LogP contribution < -0.4 is 5.32 Å². The van der Waals surface area contributed by atoms with Gasteiger partial charge in [-0.2, -0.15) is 8.42 Å². The van der Waals surface area contributed by atoms with Crippen molar-refractivity contribution in [1.82, 2.24) is 9.55 Å². The topological polar surface area (TPSA) is 73.2 Å². The van der Waals surface area contributed by atoms with E-state index in [-0.39, 0.29) is 11.5 Å². The number of hydrogen-bond acceptors (Lipinski definition) is 5. The van der Waals surface area contributed by atoms with Crippen LogP contribution in [0.1, 0.15) is 23.4 Å². The maximum atomic E-state index is 12.2. The Morgan fingerprint density at radius 3 is 2.42 bits per heavy atom. The van der Waals surface area contributed by atoms with Crippen LogP contribution in [0.3, 0.4) is 0 Å². The summed E-state index contributed by atoms with van der Waals surface area (Å²) in [5, 5.41) is 3.27. The predicted octanol–water partition coefficient (Wildman–Crippen LogP) is 4.49. The molecular formula is C26H25N3O3S. The number of benzene rings is 3. The summed E-state index contributed by atoms with van der Waals surface area (Å²) in [6.07, 6.45) is 0.555. The number of rotatable bonds is 7. The molecule has 0 fully saturated rings. The molecule has 6 nitrogen and oxygen atoms in total. The van der Waals surface area contributed by atoms with Crippen molar-refractivity contribution < 1.29 is 12.6 Å². The fourth-order valence-electron chi connectivity index (χ4n) is 3.30. The SMILES string of the molecule is Cc1ccc(S(=O)(=O)OCCCNc2ccc(C#Cc3nc4ccccc4n3C)cc2)cc1. The molecule has 4 aromatic rings. The van der Waals surface area contributed by atoms with Crippen molar-refractivity contribution in [1.29, 1.82) is 0 Å². The van der Waals surface area contributed by atoms with Gasteiger partial charge in [-0.25, -0.2) is 4.98 Å². The maximum absolute atomic E-state index is 12.2. The molecular weight excluding hydrogens is 434 g/mol. The summed E-state index contributed by atoms with van der Waals surface area (Å²) in [7, 11) is -1.76. The number of hydrogen-bond donors (Lipinski definition) is 1. The molecule has 0 unspecified atom stereocenters. The molecule has 0 atom stereocenters. The Hall–Kier alpha value is -3.60. The molecule has 168 valence electrons. The number of nitrogens with zero attached hydrogens (tertiary/aromatic N) is 2. The number of anilines is 1. The van der Waals surface area contributed by atoms with Crippen LogP contribution >= 0.6 is 0 Å². The van der Waals surface area contributed by atoms with E-state index in [9.17, 15) is 8.42 Å². The molecule has 1 N–H and O–H groups in total. The molecule has 0 bridgehead atoms. The van der Waals surface area contributed by atoms with E-state index in [1.54, 1.807) is 24.3 Å². The molecule has 4 rings (SSSR count). The van der Waals surface area contributed by atoms with Crippen LogP contribution in [0, 0.1) is 18.8 Å². The molecule has 0 amide bonds. The van der Waals surface area contributed by atoms with Gasteiger partial charge < -0.3 is 9.88 Å². The highest BCUT2D eigenvalue weighted by Crippen LogP contribution is 2.15. The molecule has 0 saturated carbocycles. The van der Waals surface area contributed by atoms with Crippen LogP contribution in [0.5, 0.6) is 0 Å². The van der Waals surface area contributed by atoms with E-state index in [2.05, 4.69) is 22.1 Å².